The van der Waals surface area contributed by atoms with Gasteiger partial charge < -0.3 is 11.6 Å². The smallest absolute Gasteiger partial charge is 0.379 e. The second-order valence-electron chi connectivity index (χ2n) is 6.48. The van der Waals surface area contributed by atoms with Gasteiger partial charge >= 0.3 is 22.4 Å². The molecule has 9 heteroatoms. The minimum absolute atomic E-state index is 0. The molecule has 4 aromatic rings. The molecule has 0 atom stereocenters. The molecular formula is C26H21Au2N2O4P+. The normalized spacial score (nSPS) is 8.80. The number of hydrogen-bond donors (Lipinski definition) is 1. The summed E-state index contributed by atoms with van der Waals surface area (Å²) in [7, 11) is -0.877. The van der Waals surface area contributed by atoms with Crippen molar-refractivity contribution in [3.63, 3.8) is 0 Å². The summed E-state index contributed by atoms with van der Waals surface area (Å²) in [4.78, 5) is 17.8. The molecule has 4 aromatic carbocycles. The first kappa shape index (κ1) is 32.2. The van der Waals surface area contributed by atoms with Gasteiger partial charge in [0.05, 0.1) is 12.8 Å². The summed E-state index contributed by atoms with van der Waals surface area (Å²) in [5.41, 5.74) is 0.569. The number of nitrogens with zero attached hydrogens (tertiary/aromatic N) is 2. The Balaban J connectivity index is 0.000000623. The second-order valence-corrected chi connectivity index (χ2v) is 8.97. The molecule has 185 valence electrons. The van der Waals surface area contributed by atoms with E-state index in [9.17, 15) is 10.1 Å². The van der Waals surface area contributed by atoms with Gasteiger partial charge in [-0.2, -0.15) is 0 Å². The summed E-state index contributed by atoms with van der Waals surface area (Å²) in [6.07, 6.45) is 6.70. The van der Waals surface area contributed by atoms with Crippen molar-refractivity contribution in [3.8, 4) is 5.92 Å². The largest absolute Gasteiger partial charge is 1.00 e. The predicted molar refractivity (Wildman–Crippen MR) is 133 cm³/mol. The van der Waals surface area contributed by atoms with Crippen molar-refractivity contribution in [1.29, 1.82) is 0 Å². The zero-order valence-corrected chi connectivity index (χ0v) is 23.5. The van der Waals surface area contributed by atoms with Crippen LogP contribution in [0.2, 0.25) is 0 Å². The Labute approximate surface area is 236 Å². The zero-order chi connectivity index (χ0) is 23.9. The fourth-order valence-electron chi connectivity index (χ4n) is 2.98. The van der Waals surface area contributed by atoms with Crippen LogP contribution in [0.5, 0.6) is 0 Å². The van der Waals surface area contributed by atoms with Gasteiger partial charge in [0.1, 0.15) is 15.9 Å². The van der Waals surface area contributed by atoms with Crippen LogP contribution in [0.15, 0.2) is 121 Å². The van der Waals surface area contributed by atoms with Crippen molar-refractivity contribution in [3.05, 3.63) is 142 Å². The van der Waals surface area contributed by atoms with Gasteiger partial charge in [0, 0.05) is 22.4 Å². The van der Waals surface area contributed by atoms with Crippen LogP contribution in [0.4, 0.5) is 5.69 Å². The van der Waals surface area contributed by atoms with Crippen LogP contribution in [0.25, 0.3) is 0 Å². The minimum Gasteiger partial charge on any atom is -0.379 e. The van der Waals surface area contributed by atoms with Crippen molar-refractivity contribution in [2.75, 3.05) is 0 Å². The van der Waals surface area contributed by atoms with Gasteiger partial charge in [-0.3, -0.25) is 16.0 Å². The van der Waals surface area contributed by atoms with E-state index in [1.165, 1.54) is 45.5 Å². The molecule has 0 aliphatic rings. The van der Waals surface area contributed by atoms with Crippen LogP contribution in [0.1, 0.15) is 5.56 Å². The van der Waals surface area contributed by atoms with Crippen LogP contribution < -0.4 is 15.9 Å². The molecule has 0 saturated heterocycles. The van der Waals surface area contributed by atoms with Gasteiger partial charge in [0.2, 0.25) is 0 Å². The fourth-order valence-corrected chi connectivity index (χ4v) is 5.56. The van der Waals surface area contributed by atoms with E-state index in [-0.39, 0.29) is 50.4 Å². The van der Waals surface area contributed by atoms with E-state index in [4.69, 9.17) is 16.5 Å². The van der Waals surface area contributed by atoms with Crippen molar-refractivity contribution >= 4 is 29.5 Å². The summed E-state index contributed by atoms with van der Waals surface area (Å²) < 4.78 is 0. The first-order chi connectivity index (χ1) is 16.1. The van der Waals surface area contributed by atoms with Crippen LogP contribution in [-0.2, 0) is 44.8 Å². The van der Waals surface area contributed by atoms with E-state index < -0.39 is 12.8 Å². The standard InChI is InChI=1S/C18H15P.C8H4NO2.2Au.HNO2/c1-4-10-16(11-5-1)19(17-12-6-2-7-13-17)18-14-8-3-9-15-18;1-2-7-3-5-8(6-4-7)9(10)11;;;2-1-3/h1-15H;3-6H;;;(H,2,3)/q;-1;;+1;/p+1. The first-order valence-electron chi connectivity index (χ1n) is 9.77. The van der Waals surface area contributed by atoms with Crippen LogP contribution in [0.3, 0.4) is 0 Å². The van der Waals surface area contributed by atoms with Crippen LogP contribution in [0, 0.1) is 27.4 Å². The van der Waals surface area contributed by atoms with E-state index in [0.717, 1.165) is 0 Å². The number of benzene rings is 4. The molecule has 6 nitrogen and oxygen atoms in total. The van der Waals surface area contributed by atoms with E-state index >= 15 is 0 Å². The molecule has 1 radical (unpaired) electrons. The maximum atomic E-state index is 10.1. The third-order valence-electron chi connectivity index (χ3n) is 4.41. The predicted octanol–water partition coefficient (Wildman–Crippen LogP) is 4.85. The molecule has 1 N–H and O–H groups in total. The number of nitro benzene ring substituents is 1. The third kappa shape index (κ3) is 11.0. The minimum atomic E-state index is -0.877. The topological polar surface area (TPSA) is 92.8 Å². The fraction of sp³-hybridized carbons (Fsp3) is 0. The molecular weight excluding hydrogens is 829 g/mol. The summed E-state index contributed by atoms with van der Waals surface area (Å²) >= 11 is 0. The van der Waals surface area contributed by atoms with Crippen molar-refractivity contribution in [2.24, 2.45) is 5.34 Å². The second kappa shape index (κ2) is 18.5. The Bertz CT molecular complexity index is 1080. The van der Waals surface area contributed by atoms with Gasteiger partial charge in [-0.25, -0.2) is 0 Å². The molecule has 35 heavy (non-hydrogen) atoms. The molecule has 0 bridgehead atoms. The van der Waals surface area contributed by atoms with Crippen molar-refractivity contribution in [1.82, 2.24) is 0 Å². The molecule has 0 aromatic heterocycles. The number of nitro groups is 1. The van der Waals surface area contributed by atoms with E-state index in [1.807, 2.05) is 0 Å². The number of hydrogen-bond acceptors (Lipinski definition) is 4. The molecule has 0 spiro atoms. The molecule has 0 amide bonds. The van der Waals surface area contributed by atoms with Crippen molar-refractivity contribution in [2.45, 2.75) is 0 Å². The summed E-state index contributed by atoms with van der Waals surface area (Å²) in [6, 6.07) is 38.1. The van der Waals surface area contributed by atoms with Crippen LogP contribution in [-0.4, -0.2) is 10.1 Å². The van der Waals surface area contributed by atoms with Gasteiger partial charge in [0.25, 0.3) is 5.69 Å². The first-order valence-corrected chi connectivity index (χ1v) is 11.3. The van der Waals surface area contributed by atoms with Crippen molar-refractivity contribution < 1.29 is 54.9 Å². The average Bonchev–Trinajstić information content (AvgIpc) is 2.87. The van der Waals surface area contributed by atoms with E-state index in [2.05, 4.69) is 96.9 Å². The molecule has 0 aliphatic carbocycles. The molecule has 0 fully saturated rings. The van der Waals surface area contributed by atoms with Gasteiger partial charge in [-0.15, -0.1) is 22.6 Å². The third-order valence-corrected chi connectivity index (χ3v) is 7.14. The SMILES string of the molecule is O=NO.[Au+].[Au].[C-]#Cc1ccc([N+](=O)[O-])cc1.c1ccc([PH+](c2ccccc2)c2ccccc2)cc1. The van der Waals surface area contributed by atoms with Gasteiger partial charge in [-0.05, 0) is 48.5 Å². The Kier molecular flexibility index (Phi) is 17.0. The van der Waals surface area contributed by atoms with E-state index in [1.54, 1.807) is 0 Å². The molecule has 4 rings (SSSR count). The zero-order valence-electron chi connectivity index (χ0n) is 18.1. The summed E-state index contributed by atoms with van der Waals surface area (Å²) in [6.45, 7) is 0. The molecule has 0 heterocycles. The van der Waals surface area contributed by atoms with E-state index in [0.29, 0.717) is 5.56 Å². The quantitative estimate of drug-likeness (QED) is 0.0606. The Morgan fingerprint density at radius 3 is 1.31 bits per heavy atom. The Morgan fingerprint density at radius 2 is 1.06 bits per heavy atom. The van der Waals surface area contributed by atoms with Crippen LogP contribution >= 0.6 is 7.92 Å². The summed E-state index contributed by atoms with van der Waals surface area (Å²) in [5.74, 6) is 2.12. The maximum absolute atomic E-state index is 10.1. The number of non-ortho nitro benzene ring substituents is 1. The molecule has 0 unspecified atom stereocenters. The molecule has 0 saturated carbocycles. The van der Waals surface area contributed by atoms with Gasteiger partial charge in [0.15, 0.2) is 5.34 Å². The molecule has 0 aliphatic heterocycles. The van der Waals surface area contributed by atoms with Gasteiger partial charge in [-0.1, -0.05) is 54.6 Å². The summed E-state index contributed by atoms with van der Waals surface area (Å²) in [5, 5.41) is 22.3. The number of rotatable bonds is 4. The maximum Gasteiger partial charge on any atom is 1.00 e. The average molecular weight is 850 g/mol. The Morgan fingerprint density at radius 1 is 0.743 bits per heavy atom. The Hall–Kier alpha value is -2.85. The monoisotopic (exact) mass is 850 g/mol.